The van der Waals surface area contributed by atoms with E-state index in [2.05, 4.69) is 19.2 Å². The van der Waals surface area contributed by atoms with Crippen LogP contribution in [0, 0.1) is 6.92 Å². The lowest BCUT2D eigenvalue weighted by Crippen LogP contribution is -2.29. The molecule has 86 valence electrons. The number of aliphatic hydroxyl groups excluding tert-OH is 1. The summed E-state index contributed by atoms with van der Waals surface area (Å²) in [4.78, 5) is 0.866. The zero-order chi connectivity index (χ0) is 11.4. The van der Waals surface area contributed by atoms with E-state index in [1.165, 1.54) is 11.3 Å². The number of aliphatic hydroxyl groups is 1. The van der Waals surface area contributed by atoms with Crippen molar-refractivity contribution < 1.29 is 5.11 Å². The number of hydrogen-bond acceptors (Lipinski definition) is 3. The number of nitrogens with one attached hydrogen (secondary N) is 1. The Morgan fingerprint density at radius 2 is 2.27 bits per heavy atom. The van der Waals surface area contributed by atoms with E-state index in [-0.39, 0.29) is 0 Å². The van der Waals surface area contributed by atoms with Gasteiger partial charge in [0.15, 0.2) is 0 Å². The number of aryl methyl sites for hydroxylation is 1. The zero-order valence-electron chi connectivity index (χ0n) is 9.38. The van der Waals surface area contributed by atoms with Gasteiger partial charge < -0.3 is 10.4 Å². The highest BCUT2D eigenvalue weighted by molar-refractivity contribution is 7.10. The van der Waals surface area contributed by atoms with Gasteiger partial charge in [-0.1, -0.05) is 18.5 Å². The average molecular weight is 248 g/mol. The molecule has 1 aromatic rings. The maximum atomic E-state index is 9.92. The van der Waals surface area contributed by atoms with Gasteiger partial charge in [-0.25, -0.2) is 0 Å². The Morgan fingerprint density at radius 1 is 1.60 bits per heavy atom. The fraction of sp³-hybridized carbons (Fsp3) is 0.636. The van der Waals surface area contributed by atoms with Gasteiger partial charge in [0.05, 0.1) is 9.90 Å². The van der Waals surface area contributed by atoms with Crippen molar-refractivity contribution in [3.63, 3.8) is 0 Å². The minimum Gasteiger partial charge on any atom is -0.386 e. The fourth-order valence-corrected chi connectivity index (χ4v) is 2.53. The van der Waals surface area contributed by atoms with Crippen molar-refractivity contribution in [2.45, 2.75) is 39.3 Å². The second-order valence-corrected chi connectivity index (χ2v) is 5.12. The molecular formula is C11H18ClNOS. The molecule has 2 unspecified atom stereocenters. The smallest absolute Gasteiger partial charge is 0.102 e. The van der Waals surface area contributed by atoms with Crippen molar-refractivity contribution in [2.24, 2.45) is 0 Å². The van der Waals surface area contributed by atoms with Gasteiger partial charge >= 0.3 is 0 Å². The molecule has 0 saturated heterocycles. The molecule has 0 aliphatic rings. The molecule has 0 aliphatic carbocycles. The first-order chi connectivity index (χ1) is 7.06. The summed E-state index contributed by atoms with van der Waals surface area (Å²) in [5, 5.41) is 15.9. The lowest BCUT2D eigenvalue weighted by Gasteiger charge is -2.15. The molecule has 0 amide bonds. The van der Waals surface area contributed by atoms with Crippen LogP contribution in [0.5, 0.6) is 0 Å². The summed E-state index contributed by atoms with van der Waals surface area (Å²) in [5.74, 6) is 0. The molecule has 0 bridgehead atoms. The van der Waals surface area contributed by atoms with E-state index in [1.807, 2.05) is 12.3 Å². The number of rotatable bonds is 5. The molecule has 1 aromatic heterocycles. The number of hydrogen-bond donors (Lipinski definition) is 2. The van der Waals surface area contributed by atoms with E-state index in [4.69, 9.17) is 11.6 Å². The minimum absolute atomic E-state index is 0.430. The van der Waals surface area contributed by atoms with Gasteiger partial charge in [-0.05, 0) is 31.2 Å². The van der Waals surface area contributed by atoms with E-state index in [0.29, 0.717) is 17.6 Å². The Morgan fingerprint density at radius 3 is 2.73 bits per heavy atom. The lowest BCUT2D eigenvalue weighted by atomic mass is 10.2. The summed E-state index contributed by atoms with van der Waals surface area (Å²) in [7, 11) is 0. The highest BCUT2D eigenvalue weighted by Crippen LogP contribution is 2.32. The number of thiophene rings is 1. The van der Waals surface area contributed by atoms with E-state index in [9.17, 15) is 5.11 Å². The van der Waals surface area contributed by atoms with Crippen LogP contribution in [0.4, 0.5) is 0 Å². The Balaban J connectivity index is 2.54. The van der Waals surface area contributed by atoms with Crippen molar-refractivity contribution in [1.82, 2.24) is 5.32 Å². The SMILES string of the molecule is CCC(C)NCC(O)c1scc(C)c1Cl. The molecule has 1 heterocycles. The molecule has 0 aliphatic heterocycles. The highest BCUT2D eigenvalue weighted by atomic mass is 35.5. The Labute approximate surface area is 100 Å². The van der Waals surface area contributed by atoms with Gasteiger partial charge in [-0.15, -0.1) is 11.3 Å². The molecule has 2 nitrogen and oxygen atoms in total. The maximum Gasteiger partial charge on any atom is 0.102 e. The van der Waals surface area contributed by atoms with E-state index in [0.717, 1.165) is 16.9 Å². The van der Waals surface area contributed by atoms with Crippen molar-refractivity contribution >= 4 is 22.9 Å². The first kappa shape index (κ1) is 13.0. The van der Waals surface area contributed by atoms with Crippen LogP contribution in [0.15, 0.2) is 5.38 Å². The Kier molecular flexibility index (Phi) is 5.06. The second-order valence-electron chi connectivity index (χ2n) is 3.83. The first-order valence-electron chi connectivity index (χ1n) is 5.21. The van der Waals surface area contributed by atoms with Gasteiger partial charge in [0, 0.05) is 12.6 Å². The molecular weight excluding hydrogens is 230 g/mol. The van der Waals surface area contributed by atoms with Crippen LogP contribution in [0.2, 0.25) is 5.02 Å². The van der Waals surface area contributed by atoms with Crippen LogP contribution >= 0.6 is 22.9 Å². The van der Waals surface area contributed by atoms with Crippen LogP contribution in [-0.2, 0) is 0 Å². The van der Waals surface area contributed by atoms with Crippen LogP contribution in [-0.4, -0.2) is 17.7 Å². The fourth-order valence-electron chi connectivity index (χ4n) is 1.22. The molecule has 2 atom stereocenters. The number of halogens is 1. The predicted octanol–water partition coefficient (Wildman–Crippen LogP) is 3.13. The van der Waals surface area contributed by atoms with Crippen LogP contribution < -0.4 is 5.32 Å². The Hall–Kier alpha value is -0.0900. The summed E-state index contributed by atoms with van der Waals surface area (Å²) in [6.45, 7) is 6.74. The van der Waals surface area contributed by atoms with Gasteiger partial charge in [0.2, 0.25) is 0 Å². The molecule has 15 heavy (non-hydrogen) atoms. The lowest BCUT2D eigenvalue weighted by molar-refractivity contribution is 0.174. The molecule has 2 N–H and O–H groups in total. The molecule has 1 rings (SSSR count). The van der Waals surface area contributed by atoms with Crippen molar-refractivity contribution in [1.29, 1.82) is 0 Å². The molecule has 4 heteroatoms. The average Bonchev–Trinajstić information content (AvgIpc) is 2.56. The van der Waals surface area contributed by atoms with E-state index >= 15 is 0 Å². The standard InChI is InChI=1S/C11H18ClNOS/c1-4-8(3)13-5-9(14)11-10(12)7(2)6-15-11/h6,8-9,13-14H,4-5H2,1-3H3. The van der Waals surface area contributed by atoms with Gasteiger partial charge in [-0.2, -0.15) is 0 Å². The van der Waals surface area contributed by atoms with E-state index < -0.39 is 6.10 Å². The van der Waals surface area contributed by atoms with Crippen molar-refractivity contribution in [2.75, 3.05) is 6.54 Å². The minimum atomic E-state index is -0.495. The third kappa shape index (κ3) is 3.45. The molecule has 0 fully saturated rings. The third-order valence-corrected chi connectivity index (χ3v) is 4.32. The largest absolute Gasteiger partial charge is 0.386 e. The predicted molar refractivity (Wildman–Crippen MR) is 66.8 cm³/mol. The van der Waals surface area contributed by atoms with Gasteiger partial charge in [0.25, 0.3) is 0 Å². The summed E-state index contributed by atoms with van der Waals surface area (Å²) < 4.78 is 0. The monoisotopic (exact) mass is 247 g/mol. The topological polar surface area (TPSA) is 32.3 Å². The van der Waals surface area contributed by atoms with Crippen LogP contribution in [0.25, 0.3) is 0 Å². The van der Waals surface area contributed by atoms with Crippen molar-refractivity contribution in [3.05, 3.63) is 20.8 Å². The van der Waals surface area contributed by atoms with E-state index in [1.54, 1.807) is 0 Å². The van der Waals surface area contributed by atoms with Crippen LogP contribution in [0.3, 0.4) is 0 Å². The molecule has 0 spiro atoms. The summed E-state index contributed by atoms with van der Waals surface area (Å²) in [5.41, 5.74) is 1.04. The highest BCUT2D eigenvalue weighted by Gasteiger charge is 2.15. The summed E-state index contributed by atoms with van der Waals surface area (Å²) in [6, 6.07) is 0.430. The molecule has 0 radical (unpaired) electrons. The third-order valence-electron chi connectivity index (χ3n) is 2.50. The first-order valence-corrected chi connectivity index (χ1v) is 6.47. The normalized spacial score (nSPS) is 15.3. The summed E-state index contributed by atoms with van der Waals surface area (Å²) in [6.07, 6.45) is 0.564. The van der Waals surface area contributed by atoms with Gasteiger partial charge in [-0.3, -0.25) is 0 Å². The Bertz CT molecular complexity index is 314. The summed E-state index contributed by atoms with van der Waals surface area (Å²) >= 11 is 7.60. The zero-order valence-corrected chi connectivity index (χ0v) is 11.0. The quantitative estimate of drug-likeness (QED) is 0.838. The van der Waals surface area contributed by atoms with Gasteiger partial charge in [0.1, 0.15) is 6.10 Å². The maximum absolute atomic E-state index is 9.92. The molecule has 0 saturated carbocycles. The van der Waals surface area contributed by atoms with Crippen LogP contribution in [0.1, 0.15) is 36.8 Å². The van der Waals surface area contributed by atoms with Crippen molar-refractivity contribution in [3.8, 4) is 0 Å². The molecule has 0 aromatic carbocycles. The second kappa shape index (κ2) is 5.85.